The van der Waals surface area contributed by atoms with Gasteiger partial charge in [-0.1, -0.05) is 17.3 Å². The lowest BCUT2D eigenvalue weighted by molar-refractivity contribution is 0.0401. The molecule has 1 aromatic heterocycles. The molecule has 1 saturated heterocycles. The largest absolute Gasteiger partial charge is 0.497 e. The number of benzene rings is 1. The zero-order chi connectivity index (χ0) is 16.2. The number of carbonyl (C=O) groups is 1. The zero-order valence-electron chi connectivity index (χ0n) is 13.3. The van der Waals surface area contributed by atoms with Gasteiger partial charge in [0.15, 0.2) is 5.69 Å². The minimum absolute atomic E-state index is 0.206. The van der Waals surface area contributed by atoms with Crippen molar-refractivity contribution in [2.75, 3.05) is 27.3 Å². The fourth-order valence-electron chi connectivity index (χ4n) is 3.10. The van der Waals surface area contributed by atoms with Gasteiger partial charge in [0.05, 0.1) is 13.7 Å². The molecule has 2 aromatic rings. The summed E-state index contributed by atoms with van der Waals surface area (Å²) in [5, 5.41) is 3.60. The highest BCUT2D eigenvalue weighted by Crippen LogP contribution is 2.36. The van der Waals surface area contributed by atoms with Crippen molar-refractivity contribution in [3.63, 3.8) is 0 Å². The number of carbonyl (C=O) groups excluding carboxylic acids is 1. The molecule has 2 unspecified atom stereocenters. The Bertz CT molecular complexity index is 639. The summed E-state index contributed by atoms with van der Waals surface area (Å²) in [6.07, 6.45) is 2.35. The fraction of sp³-hybridized carbons (Fsp3) is 0.412. The summed E-state index contributed by atoms with van der Waals surface area (Å²) in [6.45, 7) is 1.34. The van der Waals surface area contributed by atoms with Crippen molar-refractivity contribution in [2.45, 2.75) is 12.5 Å². The van der Waals surface area contributed by atoms with Crippen LogP contribution in [-0.4, -0.2) is 43.3 Å². The third-order valence-corrected chi connectivity index (χ3v) is 4.31. The molecule has 1 fully saturated rings. The van der Waals surface area contributed by atoms with E-state index >= 15 is 0 Å². The molecular formula is C17H20N2O4. The minimum atomic E-state index is -0.443. The SMILES string of the molecule is COc1ccc(C2C(COC(=O)c3ccon3)CCN2C)cc1. The van der Waals surface area contributed by atoms with Gasteiger partial charge in [0.1, 0.15) is 12.0 Å². The molecule has 6 nitrogen and oxygen atoms in total. The van der Waals surface area contributed by atoms with Gasteiger partial charge in [-0.3, -0.25) is 4.90 Å². The zero-order valence-corrected chi connectivity index (χ0v) is 13.3. The number of rotatable bonds is 5. The van der Waals surface area contributed by atoms with Crippen molar-refractivity contribution < 1.29 is 18.8 Å². The molecule has 3 rings (SSSR count). The first-order chi connectivity index (χ1) is 11.2. The van der Waals surface area contributed by atoms with Gasteiger partial charge in [-0.15, -0.1) is 0 Å². The first-order valence-electron chi connectivity index (χ1n) is 7.60. The smallest absolute Gasteiger partial charge is 0.360 e. The number of hydrogen-bond acceptors (Lipinski definition) is 6. The van der Waals surface area contributed by atoms with Crippen LogP contribution in [0.3, 0.4) is 0 Å². The summed E-state index contributed by atoms with van der Waals surface area (Å²) in [6, 6.07) is 9.78. The Morgan fingerprint density at radius 3 is 2.78 bits per heavy atom. The summed E-state index contributed by atoms with van der Waals surface area (Å²) in [5.74, 6) is 0.648. The summed E-state index contributed by atoms with van der Waals surface area (Å²) in [7, 11) is 3.75. The Morgan fingerprint density at radius 1 is 1.35 bits per heavy atom. The van der Waals surface area contributed by atoms with E-state index in [1.165, 1.54) is 17.9 Å². The lowest BCUT2D eigenvalue weighted by Gasteiger charge is -2.25. The molecule has 0 amide bonds. The molecule has 0 N–H and O–H groups in total. The first kappa shape index (κ1) is 15.6. The molecule has 2 atom stereocenters. The van der Waals surface area contributed by atoms with Crippen molar-refractivity contribution in [2.24, 2.45) is 5.92 Å². The summed E-state index contributed by atoms with van der Waals surface area (Å²) in [5.41, 5.74) is 1.41. The van der Waals surface area contributed by atoms with E-state index in [2.05, 4.69) is 33.8 Å². The number of nitrogens with zero attached hydrogens (tertiary/aromatic N) is 2. The molecule has 0 saturated carbocycles. The number of ether oxygens (including phenoxy) is 2. The van der Waals surface area contributed by atoms with Gasteiger partial charge in [-0.05, 0) is 37.7 Å². The van der Waals surface area contributed by atoms with Crippen LogP contribution >= 0.6 is 0 Å². The molecule has 6 heteroatoms. The normalized spacial score (nSPS) is 21.3. The number of methoxy groups -OCH3 is 1. The quantitative estimate of drug-likeness (QED) is 0.790. The Morgan fingerprint density at radius 2 is 2.13 bits per heavy atom. The van der Waals surface area contributed by atoms with E-state index in [0.29, 0.717) is 6.61 Å². The van der Waals surface area contributed by atoms with Gasteiger partial charge in [-0.25, -0.2) is 4.79 Å². The summed E-state index contributed by atoms with van der Waals surface area (Å²) < 4.78 is 15.3. The van der Waals surface area contributed by atoms with Crippen LogP contribution < -0.4 is 4.74 Å². The Kier molecular flexibility index (Phi) is 4.62. The van der Waals surface area contributed by atoms with Crippen LogP contribution in [0.25, 0.3) is 0 Å². The number of esters is 1. The molecule has 1 aliphatic heterocycles. The fourth-order valence-corrected chi connectivity index (χ4v) is 3.10. The van der Waals surface area contributed by atoms with Crippen LogP contribution in [0.1, 0.15) is 28.5 Å². The van der Waals surface area contributed by atoms with Gasteiger partial charge in [0.25, 0.3) is 0 Å². The Hall–Kier alpha value is -2.34. The van der Waals surface area contributed by atoms with E-state index in [0.717, 1.165) is 18.7 Å². The molecule has 0 bridgehead atoms. The van der Waals surface area contributed by atoms with Crippen molar-refractivity contribution in [3.05, 3.63) is 47.9 Å². The maximum absolute atomic E-state index is 11.9. The predicted octanol–water partition coefficient (Wildman–Crippen LogP) is 2.53. The highest BCUT2D eigenvalue weighted by molar-refractivity contribution is 5.86. The van der Waals surface area contributed by atoms with E-state index in [1.807, 2.05) is 12.1 Å². The number of likely N-dealkylation sites (tertiary alicyclic amines) is 1. The van der Waals surface area contributed by atoms with E-state index in [9.17, 15) is 4.79 Å². The van der Waals surface area contributed by atoms with Crippen LogP contribution in [0.5, 0.6) is 5.75 Å². The monoisotopic (exact) mass is 316 g/mol. The molecule has 0 spiro atoms. The van der Waals surface area contributed by atoms with Crippen molar-refractivity contribution in [1.82, 2.24) is 10.1 Å². The maximum Gasteiger partial charge on any atom is 0.360 e. The second-order valence-electron chi connectivity index (χ2n) is 5.73. The van der Waals surface area contributed by atoms with Gasteiger partial charge < -0.3 is 14.0 Å². The third kappa shape index (κ3) is 3.37. The molecule has 1 aromatic carbocycles. The van der Waals surface area contributed by atoms with Crippen molar-refractivity contribution in [3.8, 4) is 5.75 Å². The van der Waals surface area contributed by atoms with Gasteiger partial charge in [0, 0.05) is 18.0 Å². The van der Waals surface area contributed by atoms with Crippen LogP contribution in [0, 0.1) is 5.92 Å². The van der Waals surface area contributed by atoms with E-state index in [-0.39, 0.29) is 17.7 Å². The van der Waals surface area contributed by atoms with E-state index < -0.39 is 5.97 Å². The molecule has 0 radical (unpaired) electrons. The Labute approximate surface area is 135 Å². The molecular weight excluding hydrogens is 296 g/mol. The number of hydrogen-bond donors (Lipinski definition) is 0. The van der Waals surface area contributed by atoms with Gasteiger partial charge >= 0.3 is 5.97 Å². The van der Waals surface area contributed by atoms with Gasteiger partial charge in [0.2, 0.25) is 0 Å². The average Bonchev–Trinajstić information content (AvgIpc) is 3.23. The van der Waals surface area contributed by atoms with Crippen LogP contribution in [0.2, 0.25) is 0 Å². The molecule has 0 aliphatic carbocycles. The maximum atomic E-state index is 11.9. The van der Waals surface area contributed by atoms with E-state index in [1.54, 1.807) is 7.11 Å². The molecule has 2 heterocycles. The van der Waals surface area contributed by atoms with Gasteiger partial charge in [-0.2, -0.15) is 0 Å². The van der Waals surface area contributed by atoms with Crippen LogP contribution in [-0.2, 0) is 4.74 Å². The lowest BCUT2D eigenvalue weighted by Crippen LogP contribution is -2.24. The van der Waals surface area contributed by atoms with Crippen molar-refractivity contribution in [1.29, 1.82) is 0 Å². The van der Waals surface area contributed by atoms with Crippen LogP contribution in [0.4, 0.5) is 0 Å². The Balaban J connectivity index is 1.67. The average molecular weight is 316 g/mol. The van der Waals surface area contributed by atoms with E-state index in [4.69, 9.17) is 9.47 Å². The summed E-state index contributed by atoms with van der Waals surface area (Å²) in [4.78, 5) is 14.2. The standard InChI is InChI=1S/C17H20N2O4/c1-19-9-7-13(11-22-17(20)15-8-10-23-18-15)16(19)12-3-5-14(21-2)6-4-12/h3-6,8,10,13,16H,7,9,11H2,1-2H3. The molecule has 23 heavy (non-hydrogen) atoms. The topological polar surface area (TPSA) is 64.8 Å². The summed E-state index contributed by atoms with van der Waals surface area (Å²) >= 11 is 0. The van der Waals surface area contributed by atoms with Crippen LogP contribution in [0.15, 0.2) is 41.1 Å². The third-order valence-electron chi connectivity index (χ3n) is 4.31. The molecule has 1 aliphatic rings. The first-order valence-corrected chi connectivity index (χ1v) is 7.60. The lowest BCUT2D eigenvalue weighted by atomic mass is 9.94. The minimum Gasteiger partial charge on any atom is -0.497 e. The number of aromatic nitrogens is 1. The highest BCUT2D eigenvalue weighted by Gasteiger charge is 2.34. The second kappa shape index (κ2) is 6.83. The van der Waals surface area contributed by atoms with Crippen molar-refractivity contribution >= 4 is 5.97 Å². The highest BCUT2D eigenvalue weighted by atomic mass is 16.5. The predicted molar refractivity (Wildman–Crippen MR) is 83.3 cm³/mol. The second-order valence-corrected chi connectivity index (χ2v) is 5.73. The molecule has 122 valence electrons.